The molecule has 1 N–H and O–H groups in total. The molecule has 2 aromatic carbocycles. The van der Waals surface area contributed by atoms with Crippen LogP contribution in [0.1, 0.15) is 28.5 Å². The van der Waals surface area contributed by atoms with E-state index >= 15 is 0 Å². The van der Waals surface area contributed by atoms with Crippen molar-refractivity contribution in [1.82, 2.24) is 10.3 Å². The molecule has 6 heteroatoms. The summed E-state index contributed by atoms with van der Waals surface area (Å²) in [6, 6.07) is 18.2. The Morgan fingerprint density at radius 1 is 1.14 bits per heavy atom. The van der Waals surface area contributed by atoms with Gasteiger partial charge in [0.25, 0.3) is 5.91 Å². The third-order valence-electron chi connectivity index (χ3n) is 5.35. The minimum Gasteiger partial charge on any atom is -0.454 e. The van der Waals surface area contributed by atoms with Gasteiger partial charge in [0, 0.05) is 30.2 Å². The monoisotopic (exact) mass is 387 g/mol. The molecule has 2 aliphatic heterocycles. The van der Waals surface area contributed by atoms with Crippen molar-refractivity contribution in [3.8, 4) is 11.5 Å². The number of nitrogens with zero attached hydrogens (tertiary/aromatic N) is 2. The summed E-state index contributed by atoms with van der Waals surface area (Å²) in [4.78, 5) is 19.2. The Morgan fingerprint density at radius 2 is 2.00 bits per heavy atom. The lowest BCUT2D eigenvalue weighted by atomic mass is 10.1. The highest BCUT2D eigenvalue weighted by Gasteiger charge is 2.27. The molecule has 0 saturated carbocycles. The predicted octanol–water partition coefficient (Wildman–Crippen LogP) is 3.82. The fourth-order valence-electron chi connectivity index (χ4n) is 3.98. The summed E-state index contributed by atoms with van der Waals surface area (Å²) in [5, 5.41) is 2.94. The van der Waals surface area contributed by atoms with Crippen LogP contribution in [0.5, 0.6) is 11.5 Å². The number of pyridine rings is 1. The van der Waals surface area contributed by atoms with Crippen LogP contribution in [0.3, 0.4) is 0 Å². The van der Waals surface area contributed by atoms with Gasteiger partial charge in [0.1, 0.15) is 5.69 Å². The van der Waals surface area contributed by atoms with E-state index < -0.39 is 0 Å². The summed E-state index contributed by atoms with van der Waals surface area (Å²) in [7, 11) is 0. The van der Waals surface area contributed by atoms with Crippen molar-refractivity contribution < 1.29 is 14.3 Å². The van der Waals surface area contributed by atoms with Gasteiger partial charge in [-0.2, -0.15) is 0 Å². The Morgan fingerprint density at radius 3 is 2.93 bits per heavy atom. The van der Waals surface area contributed by atoms with Crippen LogP contribution in [0.4, 0.5) is 11.4 Å². The van der Waals surface area contributed by atoms with Crippen LogP contribution in [0.2, 0.25) is 0 Å². The molecule has 0 radical (unpaired) electrons. The van der Waals surface area contributed by atoms with Crippen LogP contribution in [0.15, 0.2) is 60.8 Å². The molecule has 1 unspecified atom stereocenters. The first-order valence-corrected chi connectivity index (χ1v) is 9.69. The van der Waals surface area contributed by atoms with Crippen molar-refractivity contribution in [2.45, 2.75) is 25.9 Å². The number of amides is 1. The summed E-state index contributed by atoms with van der Waals surface area (Å²) < 4.78 is 10.7. The molecule has 0 fully saturated rings. The van der Waals surface area contributed by atoms with Crippen molar-refractivity contribution >= 4 is 17.3 Å². The van der Waals surface area contributed by atoms with Gasteiger partial charge in [0.15, 0.2) is 11.5 Å². The first-order chi connectivity index (χ1) is 14.2. The third kappa shape index (κ3) is 3.27. The maximum atomic E-state index is 12.7. The molecule has 0 spiro atoms. The zero-order valence-electron chi connectivity index (χ0n) is 16.1. The molecule has 1 aromatic heterocycles. The van der Waals surface area contributed by atoms with E-state index in [0.29, 0.717) is 24.0 Å². The molecule has 146 valence electrons. The number of fused-ring (bicyclic) bond motifs is 2. The summed E-state index contributed by atoms with van der Waals surface area (Å²) in [6.07, 6.45) is 2.68. The van der Waals surface area contributed by atoms with Crippen LogP contribution in [0, 0.1) is 0 Å². The van der Waals surface area contributed by atoms with Crippen molar-refractivity contribution in [2.24, 2.45) is 0 Å². The number of rotatable bonds is 4. The first-order valence-electron chi connectivity index (χ1n) is 9.69. The number of carbonyl (C=O) groups excluding carboxylic acids is 1. The van der Waals surface area contributed by atoms with Crippen LogP contribution in [-0.2, 0) is 13.0 Å². The summed E-state index contributed by atoms with van der Waals surface area (Å²) in [6.45, 7) is 2.82. The van der Waals surface area contributed by atoms with Gasteiger partial charge in [0.05, 0.1) is 0 Å². The Balaban J connectivity index is 1.33. The first kappa shape index (κ1) is 17.6. The lowest BCUT2D eigenvalue weighted by Crippen LogP contribution is -2.26. The Kier molecular flexibility index (Phi) is 4.31. The quantitative estimate of drug-likeness (QED) is 0.737. The number of hydrogen-bond donors (Lipinski definition) is 1. The van der Waals surface area contributed by atoms with E-state index in [2.05, 4.69) is 40.3 Å². The average Bonchev–Trinajstić information content (AvgIpc) is 3.34. The van der Waals surface area contributed by atoms with E-state index in [-0.39, 0.29) is 12.7 Å². The van der Waals surface area contributed by atoms with Gasteiger partial charge in [-0.3, -0.25) is 9.78 Å². The van der Waals surface area contributed by atoms with Gasteiger partial charge in [-0.15, -0.1) is 0 Å². The summed E-state index contributed by atoms with van der Waals surface area (Å²) in [5.41, 5.74) is 4.84. The zero-order valence-corrected chi connectivity index (χ0v) is 16.1. The molecular weight excluding hydrogens is 366 g/mol. The minimum absolute atomic E-state index is 0.204. The topological polar surface area (TPSA) is 63.7 Å². The van der Waals surface area contributed by atoms with Gasteiger partial charge in [-0.25, -0.2) is 0 Å². The average molecular weight is 387 g/mol. The number of anilines is 2. The lowest BCUT2D eigenvalue weighted by Gasteiger charge is -2.25. The third-order valence-corrected chi connectivity index (χ3v) is 5.35. The minimum atomic E-state index is -0.204. The predicted molar refractivity (Wildman–Crippen MR) is 110 cm³/mol. The lowest BCUT2D eigenvalue weighted by molar-refractivity contribution is 0.0946. The highest BCUT2D eigenvalue weighted by atomic mass is 16.7. The van der Waals surface area contributed by atoms with E-state index in [1.807, 2.05) is 36.4 Å². The Hall–Kier alpha value is -3.54. The molecule has 6 nitrogen and oxygen atoms in total. The number of aromatic nitrogens is 1. The number of benzene rings is 2. The molecule has 0 bridgehead atoms. The van der Waals surface area contributed by atoms with Crippen LogP contribution >= 0.6 is 0 Å². The van der Waals surface area contributed by atoms with Gasteiger partial charge in [-0.05, 0) is 54.8 Å². The number of ether oxygens (including phenoxy) is 2. The van der Waals surface area contributed by atoms with Crippen molar-refractivity contribution in [3.05, 3.63) is 77.6 Å². The molecule has 5 rings (SSSR count). The van der Waals surface area contributed by atoms with Crippen molar-refractivity contribution in [3.63, 3.8) is 0 Å². The normalized spacial score (nSPS) is 16.6. The van der Waals surface area contributed by atoms with E-state index in [9.17, 15) is 4.79 Å². The highest BCUT2D eigenvalue weighted by molar-refractivity contribution is 5.93. The fourth-order valence-corrected chi connectivity index (χ4v) is 3.98. The fraction of sp³-hybridized carbons (Fsp3) is 0.217. The molecule has 0 saturated heterocycles. The van der Waals surface area contributed by atoms with Gasteiger partial charge < -0.3 is 19.7 Å². The molecule has 1 amide bonds. The molecular formula is C23H21N3O3. The van der Waals surface area contributed by atoms with E-state index in [4.69, 9.17) is 9.47 Å². The Labute approximate surface area is 169 Å². The summed E-state index contributed by atoms with van der Waals surface area (Å²) >= 11 is 0. The molecule has 29 heavy (non-hydrogen) atoms. The maximum absolute atomic E-state index is 12.7. The standard InChI is InChI=1S/C23H21N3O3/c1-15-10-17-4-2-3-5-20(17)26(15)18-8-9-24-19(12-18)23(27)25-13-16-6-7-21-22(11-16)29-14-28-21/h2-9,11-12,15H,10,13-14H2,1H3,(H,25,27). The van der Waals surface area contributed by atoms with Crippen molar-refractivity contribution in [1.29, 1.82) is 0 Å². The zero-order chi connectivity index (χ0) is 19.8. The maximum Gasteiger partial charge on any atom is 0.270 e. The van der Waals surface area contributed by atoms with Crippen LogP contribution < -0.4 is 19.7 Å². The second-order valence-electron chi connectivity index (χ2n) is 7.32. The second kappa shape index (κ2) is 7.13. The SMILES string of the molecule is CC1Cc2ccccc2N1c1ccnc(C(=O)NCc2ccc3c(c2)OCO3)c1. The van der Waals surface area contributed by atoms with Gasteiger partial charge in [0.2, 0.25) is 6.79 Å². The molecule has 3 heterocycles. The highest BCUT2D eigenvalue weighted by Crippen LogP contribution is 2.38. The number of carbonyl (C=O) groups is 1. The van der Waals surface area contributed by atoms with Gasteiger partial charge >= 0.3 is 0 Å². The number of para-hydroxylation sites is 1. The van der Waals surface area contributed by atoms with Crippen molar-refractivity contribution in [2.75, 3.05) is 11.7 Å². The molecule has 0 aliphatic carbocycles. The number of hydrogen-bond acceptors (Lipinski definition) is 5. The largest absolute Gasteiger partial charge is 0.454 e. The molecule has 1 atom stereocenters. The molecule has 2 aliphatic rings. The van der Waals surface area contributed by atoms with Crippen LogP contribution in [0.25, 0.3) is 0 Å². The smallest absolute Gasteiger partial charge is 0.270 e. The molecule has 3 aromatic rings. The second-order valence-corrected chi connectivity index (χ2v) is 7.32. The van der Waals surface area contributed by atoms with E-state index in [1.54, 1.807) is 6.20 Å². The Bertz CT molecular complexity index is 1080. The number of nitrogens with one attached hydrogen (secondary N) is 1. The van der Waals surface area contributed by atoms with E-state index in [1.165, 1.54) is 11.3 Å². The van der Waals surface area contributed by atoms with E-state index in [0.717, 1.165) is 23.4 Å². The van der Waals surface area contributed by atoms with Gasteiger partial charge in [-0.1, -0.05) is 24.3 Å². The summed E-state index contributed by atoms with van der Waals surface area (Å²) in [5.74, 6) is 1.23. The van der Waals surface area contributed by atoms with Crippen LogP contribution in [-0.4, -0.2) is 23.7 Å².